The first-order valence-electron chi connectivity index (χ1n) is 6.07. The van der Waals surface area contributed by atoms with Crippen molar-refractivity contribution in [3.8, 4) is 0 Å². The van der Waals surface area contributed by atoms with Crippen molar-refractivity contribution in [2.24, 2.45) is 0 Å². The Kier molecular flexibility index (Phi) is 3.94. The quantitative estimate of drug-likeness (QED) is 0.830. The molecule has 3 nitrogen and oxygen atoms in total. The van der Waals surface area contributed by atoms with Gasteiger partial charge in [-0.25, -0.2) is 0 Å². The van der Waals surface area contributed by atoms with Crippen LogP contribution in [0.5, 0.6) is 0 Å². The van der Waals surface area contributed by atoms with E-state index < -0.39 is 0 Å². The number of benzene rings is 1. The van der Waals surface area contributed by atoms with Crippen LogP contribution in [0.4, 0.5) is 5.69 Å². The van der Waals surface area contributed by atoms with Crippen LogP contribution < -0.4 is 5.32 Å². The van der Waals surface area contributed by atoms with Crippen LogP contribution in [0.25, 0.3) is 10.9 Å². The lowest BCUT2D eigenvalue weighted by Crippen LogP contribution is -2.19. The van der Waals surface area contributed by atoms with E-state index in [9.17, 15) is 5.11 Å². The summed E-state index contributed by atoms with van der Waals surface area (Å²) in [5, 5.41) is 14.1. The van der Waals surface area contributed by atoms with Crippen LogP contribution in [0.2, 0.25) is 0 Å². The van der Waals surface area contributed by atoms with Crippen molar-refractivity contribution in [1.82, 2.24) is 4.98 Å². The Hall–Kier alpha value is -1.61. The van der Waals surface area contributed by atoms with Gasteiger partial charge in [0.15, 0.2) is 0 Å². The summed E-state index contributed by atoms with van der Waals surface area (Å²) >= 11 is 0. The highest BCUT2D eigenvalue weighted by Gasteiger charge is 2.04. The lowest BCUT2D eigenvalue weighted by molar-refractivity contribution is 0.176. The second kappa shape index (κ2) is 5.64. The predicted octanol–water partition coefficient (Wildman–Crippen LogP) is 2.81. The SMILES string of the molecule is CCCC(O)CNc1ccnc2ccccc12. The molecule has 1 aromatic heterocycles. The first-order valence-corrected chi connectivity index (χ1v) is 6.07. The molecule has 90 valence electrons. The third kappa shape index (κ3) is 2.94. The number of aliphatic hydroxyl groups is 1. The molecule has 17 heavy (non-hydrogen) atoms. The van der Waals surface area contributed by atoms with Gasteiger partial charge in [-0.3, -0.25) is 4.98 Å². The number of pyridine rings is 1. The highest BCUT2D eigenvalue weighted by Crippen LogP contribution is 2.20. The Bertz CT molecular complexity index is 479. The topological polar surface area (TPSA) is 45.1 Å². The van der Waals surface area contributed by atoms with Gasteiger partial charge in [0.1, 0.15) is 0 Å². The van der Waals surface area contributed by atoms with Gasteiger partial charge in [-0.05, 0) is 18.6 Å². The third-order valence-corrected chi connectivity index (χ3v) is 2.80. The zero-order chi connectivity index (χ0) is 12.1. The number of fused-ring (bicyclic) bond motifs is 1. The number of nitrogens with one attached hydrogen (secondary N) is 1. The molecule has 0 spiro atoms. The zero-order valence-electron chi connectivity index (χ0n) is 10.1. The summed E-state index contributed by atoms with van der Waals surface area (Å²) in [6.07, 6.45) is 3.33. The molecule has 0 bridgehead atoms. The Morgan fingerprint density at radius 1 is 1.29 bits per heavy atom. The highest BCUT2D eigenvalue weighted by atomic mass is 16.3. The second-order valence-corrected chi connectivity index (χ2v) is 4.20. The summed E-state index contributed by atoms with van der Waals surface area (Å²) in [5.74, 6) is 0. The largest absolute Gasteiger partial charge is 0.391 e. The van der Waals surface area contributed by atoms with E-state index in [4.69, 9.17) is 0 Å². The van der Waals surface area contributed by atoms with Gasteiger partial charge >= 0.3 is 0 Å². The monoisotopic (exact) mass is 230 g/mol. The van der Waals surface area contributed by atoms with Gasteiger partial charge < -0.3 is 10.4 Å². The molecule has 0 radical (unpaired) electrons. The Balaban J connectivity index is 2.13. The number of hydrogen-bond donors (Lipinski definition) is 2. The molecule has 2 aromatic rings. The number of anilines is 1. The van der Waals surface area contributed by atoms with Gasteiger partial charge in [0.2, 0.25) is 0 Å². The summed E-state index contributed by atoms with van der Waals surface area (Å²) in [7, 11) is 0. The lowest BCUT2D eigenvalue weighted by atomic mass is 10.1. The maximum atomic E-state index is 9.70. The maximum absolute atomic E-state index is 9.70. The average molecular weight is 230 g/mol. The molecule has 0 aliphatic heterocycles. The van der Waals surface area contributed by atoms with Crippen molar-refractivity contribution in [1.29, 1.82) is 0 Å². The summed E-state index contributed by atoms with van der Waals surface area (Å²) in [6, 6.07) is 9.95. The molecule has 1 aromatic carbocycles. The minimum absolute atomic E-state index is 0.285. The van der Waals surface area contributed by atoms with Gasteiger partial charge in [-0.15, -0.1) is 0 Å². The second-order valence-electron chi connectivity index (χ2n) is 4.20. The molecular formula is C14H18N2O. The normalized spacial score (nSPS) is 12.6. The smallest absolute Gasteiger partial charge is 0.0722 e. The number of aromatic nitrogens is 1. The fourth-order valence-electron chi connectivity index (χ4n) is 1.91. The molecule has 1 unspecified atom stereocenters. The average Bonchev–Trinajstić information content (AvgIpc) is 2.36. The molecule has 1 atom stereocenters. The van der Waals surface area contributed by atoms with Gasteiger partial charge in [-0.2, -0.15) is 0 Å². The van der Waals surface area contributed by atoms with Crippen molar-refractivity contribution in [3.63, 3.8) is 0 Å². The first-order chi connectivity index (χ1) is 8.31. The molecular weight excluding hydrogens is 212 g/mol. The van der Waals surface area contributed by atoms with Crippen LogP contribution in [-0.4, -0.2) is 22.7 Å². The van der Waals surface area contributed by atoms with E-state index in [1.54, 1.807) is 6.20 Å². The first kappa shape index (κ1) is 11.9. The van der Waals surface area contributed by atoms with Crippen LogP contribution in [-0.2, 0) is 0 Å². The number of para-hydroxylation sites is 1. The Morgan fingerprint density at radius 2 is 2.12 bits per heavy atom. The van der Waals surface area contributed by atoms with E-state index >= 15 is 0 Å². The number of rotatable bonds is 5. The molecule has 0 amide bonds. The van der Waals surface area contributed by atoms with Gasteiger partial charge in [0.05, 0.1) is 11.6 Å². The van der Waals surface area contributed by atoms with Crippen molar-refractivity contribution < 1.29 is 5.11 Å². The fraction of sp³-hybridized carbons (Fsp3) is 0.357. The molecule has 2 N–H and O–H groups in total. The number of hydrogen-bond acceptors (Lipinski definition) is 3. The van der Waals surface area contributed by atoms with E-state index in [-0.39, 0.29) is 6.10 Å². The fourth-order valence-corrected chi connectivity index (χ4v) is 1.91. The Morgan fingerprint density at radius 3 is 2.94 bits per heavy atom. The predicted molar refractivity (Wildman–Crippen MR) is 71.1 cm³/mol. The van der Waals surface area contributed by atoms with Crippen LogP contribution >= 0.6 is 0 Å². The summed E-state index contributed by atoms with van der Waals surface area (Å²) in [5.41, 5.74) is 2.01. The molecule has 3 heteroatoms. The van der Waals surface area contributed by atoms with Crippen molar-refractivity contribution in [2.45, 2.75) is 25.9 Å². The van der Waals surface area contributed by atoms with E-state index in [2.05, 4.69) is 17.2 Å². The summed E-state index contributed by atoms with van der Waals surface area (Å²) in [4.78, 5) is 4.30. The van der Waals surface area contributed by atoms with Crippen molar-refractivity contribution in [2.75, 3.05) is 11.9 Å². The minimum atomic E-state index is -0.285. The zero-order valence-corrected chi connectivity index (χ0v) is 10.1. The standard InChI is InChI=1S/C14H18N2O/c1-2-5-11(17)10-16-14-8-9-15-13-7-4-3-6-12(13)14/h3-4,6-9,11,17H,2,5,10H2,1H3,(H,15,16). The number of aliphatic hydroxyl groups excluding tert-OH is 1. The molecule has 2 rings (SSSR count). The van der Waals surface area contributed by atoms with Crippen LogP contribution in [0.3, 0.4) is 0 Å². The molecule has 0 aliphatic carbocycles. The van der Waals surface area contributed by atoms with Crippen LogP contribution in [0, 0.1) is 0 Å². The third-order valence-electron chi connectivity index (χ3n) is 2.80. The van der Waals surface area contributed by atoms with Gasteiger partial charge in [-0.1, -0.05) is 31.5 Å². The van der Waals surface area contributed by atoms with Crippen molar-refractivity contribution in [3.05, 3.63) is 36.5 Å². The van der Waals surface area contributed by atoms with Gasteiger partial charge in [0.25, 0.3) is 0 Å². The minimum Gasteiger partial charge on any atom is -0.391 e. The molecule has 0 saturated carbocycles. The molecule has 1 heterocycles. The lowest BCUT2D eigenvalue weighted by Gasteiger charge is -2.13. The highest BCUT2D eigenvalue weighted by molar-refractivity contribution is 5.90. The van der Waals surface area contributed by atoms with E-state index in [0.29, 0.717) is 6.54 Å². The van der Waals surface area contributed by atoms with Gasteiger partial charge in [0, 0.05) is 23.8 Å². The van der Waals surface area contributed by atoms with E-state index in [0.717, 1.165) is 29.4 Å². The van der Waals surface area contributed by atoms with E-state index in [1.807, 2.05) is 30.3 Å². The van der Waals surface area contributed by atoms with Crippen LogP contribution in [0.1, 0.15) is 19.8 Å². The van der Waals surface area contributed by atoms with Crippen molar-refractivity contribution >= 4 is 16.6 Å². The summed E-state index contributed by atoms with van der Waals surface area (Å²) < 4.78 is 0. The summed E-state index contributed by atoms with van der Waals surface area (Å²) in [6.45, 7) is 2.66. The molecule has 0 saturated heterocycles. The number of nitrogens with zero attached hydrogens (tertiary/aromatic N) is 1. The Labute approximate surface area is 102 Å². The van der Waals surface area contributed by atoms with E-state index in [1.165, 1.54) is 0 Å². The maximum Gasteiger partial charge on any atom is 0.0722 e. The molecule has 0 fully saturated rings. The molecule has 0 aliphatic rings. The van der Waals surface area contributed by atoms with Crippen LogP contribution in [0.15, 0.2) is 36.5 Å².